The van der Waals surface area contributed by atoms with Crippen LogP contribution in [0, 0.1) is 6.92 Å². The Hall–Kier alpha value is -1.76. The van der Waals surface area contributed by atoms with Crippen LogP contribution in [0.5, 0.6) is 5.75 Å². The first-order chi connectivity index (χ1) is 9.90. The molecule has 1 nitrogen and oxygen atoms in total. The van der Waals surface area contributed by atoms with E-state index in [1.165, 1.54) is 30.4 Å². The lowest BCUT2D eigenvalue weighted by molar-refractivity contribution is 0.305. The van der Waals surface area contributed by atoms with Crippen molar-refractivity contribution in [2.75, 3.05) is 6.61 Å². The summed E-state index contributed by atoms with van der Waals surface area (Å²) >= 11 is 0. The molecule has 0 aliphatic carbocycles. The number of hydrogen-bond donors (Lipinski definition) is 0. The van der Waals surface area contributed by atoms with E-state index in [0.29, 0.717) is 0 Å². The lowest BCUT2D eigenvalue weighted by Gasteiger charge is -2.07. The molecule has 0 amide bonds. The molecule has 2 aromatic rings. The minimum absolute atomic E-state index is 0.807. The molecular weight excluding hydrogens is 244 g/mol. The Balaban J connectivity index is 1.77. The van der Waals surface area contributed by atoms with Crippen molar-refractivity contribution in [1.82, 2.24) is 0 Å². The number of ether oxygens (including phenoxy) is 1. The first-order valence-electron chi connectivity index (χ1n) is 7.47. The van der Waals surface area contributed by atoms with Crippen LogP contribution in [0.25, 0.3) is 11.1 Å². The average molecular weight is 267 g/mol. The predicted molar refractivity (Wildman–Crippen MR) is 85.8 cm³/mol. The van der Waals surface area contributed by atoms with E-state index in [4.69, 9.17) is 4.74 Å². The van der Waals surface area contributed by atoms with Crippen molar-refractivity contribution in [3.8, 4) is 16.9 Å². The van der Waals surface area contributed by atoms with Crippen LogP contribution in [0.3, 0.4) is 0 Å². The summed E-state index contributed by atoms with van der Waals surface area (Å²) in [6.45, 7) is 4.66. The molecule has 0 heterocycles. The fraction of sp³-hybridized carbons (Fsp3) is 0.316. The molecule has 20 heavy (non-hydrogen) atoms. The SMILES string of the molecule is [CH2]CCCCCCOc1ccc(-c2ccccc2)cc1. The first-order valence-corrected chi connectivity index (χ1v) is 7.47. The van der Waals surface area contributed by atoms with Crippen molar-refractivity contribution in [3.05, 3.63) is 61.5 Å². The lowest BCUT2D eigenvalue weighted by Crippen LogP contribution is -1.97. The van der Waals surface area contributed by atoms with E-state index in [-0.39, 0.29) is 0 Å². The van der Waals surface area contributed by atoms with Crippen LogP contribution in [-0.2, 0) is 0 Å². The second-order valence-corrected chi connectivity index (χ2v) is 5.01. The van der Waals surface area contributed by atoms with Crippen molar-refractivity contribution in [2.45, 2.75) is 32.1 Å². The van der Waals surface area contributed by atoms with Gasteiger partial charge in [-0.05, 0) is 29.7 Å². The topological polar surface area (TPSA) is 9.23 Å². The quantitative estimate of drug-likeness (QED) is 0.572. The highest BCUT2D eigenvalue weighted by molar-refractivity contribution is 5.63. The molecule has 0 fully saturated rings. The summed E-state index contributed by atoms with van der Waals surface area (Å²) in [5, 5.41) is 0. The summed E-state index contributed by atoms with van der Waals surface area (Å²) in [5.74, 6) is 0.960. The zero-order valence-electron chi connectivity index (χ0n) is 12.1. The normalized spacial score (nSPS) is 10.4. The molecule has 0 N–H and O–H groups in total. The summed E-state index contributed by atoms with van der Waals surface area (Å²) in [6.07, 6.45) is 5.89. The van der Waals surface area contributed by atoms with Gasteiger partial charge in [0.05, 0.1) is 6.61 Å². The van der Waals surface area contributed by atoms with Crippen molar-refractivity contribution < 1.29 is 4.74 Å². The second-order valence-electron chi connectivity index (χ2n) is 5.01. The van der Waals surface area contributed by atoms with Crippen molar-refractivity contribution >= 4 is 0 Å². The van der Waals surface area contributed by atoms with E-state index in [2.05, 4.69) is 55.5 Å². The average Bonchev–Trinajstić information content (AvgIpc) is 2.52. The standard InChI is InChI=1S/C19H23O/c1-2-3-4-5-9-16-20-19-14-12-18(13-15-19)17-10-7-6-8-11-17/h6-8,10-15H,1-5,9,16H2. The lowest BCUT2D eigenvalue weighted by atomic mass is 10.1. The van der Waals surface area contributed by atoms with Crippen molar-refractivity contribution in [3.63, 3.8) is 0 Å². The number of hydrogen-bond acceptors (Lipinski definition) is 1. The molecule has 2 aromatic carbocycles. The molecule has 2 rings (SSSR count). The van der Waals surface area contributed by atoms with Crippen LogP contribution >= 0.6 is 0 Å². The summed E-state index contributed by atoms with van der Waals surface area (Å²) in [7, 11) is 0. The fourth-order valence-electron chi connectivity index (χ4n) is 2.20. The molecule has 0 aliphatic rings. The molecule has 0 unspecified atom stereocenters. The van der Waals surface area contributed by atoms with E-state index in [1.807, 2.05) is 6.07 Å². The fourth-order valence-corrected chi connectivity index (χ4v) is 2.20. The largest absolute Gasteiger partial charge is 0.494 e. The zero-order chi connectivity index (χ0) is 14.0. The predicted octanol–water partition coefficient (Wildman–Crippen LogP) is 5.52. The third-order valence-corrected chi connectivity index (χ3v) is 3.37. The first kappa shape index (κ1) is 14.6. The molecule has 105 valence electrons. The van der Waals surface area contributed by atoms with Crippen LogP contribution in [0.1, 0.15) is 32.1 Å². The monoisotopic (exact) mass is 267 g/mol. The van der Waals surface area contributed by atoms with Gasteiger partial charge in [0.25, 0.3) is 0 Å². The van der Waals surface area contributed by atoms with Gasteiger partial charge in [0.1, 0.15) is 5.75 Å². The smallest absolute Gasteiger partial charge is 0.119 e. The van der Waals surface area contributed by atoms with Gasteiger partial charge in [-0.3, -0.25) is 0 Å². The number of rotatable bonds is 8. The van der Waals surface area contributed by atoms with Crippen LogP contribution in [0.15, 0.2) is 54.6 Å². The molecule has 0 spiro atoms. The Morgan fingerprint density at radius 1 is 0.700 bits per heavy atom. The molecule has 1 heteroatoms. The molecule has 0 aliphatic heterocycles. The summed E-state index contributed by atoms with van der Waals surface area (Å²) in [4.78, 5) is 0. The van der Waals surface area contributed by atoms with Crippen LogP contribution in [0.2, 0.25) is 0 Å². The highest BCUT2D eigenvalue weighted by Gasteiger charge is 1.98. The maximum Gasteiger partial charge on any atom is 0.119 e. The minimum atomic E-state index is 0.807. The molecule has 0 saturated heterocycles. The number of unbranched alkanes of at least 4 members (excludes halogenated alkanes) is 4. The third kappa shape index (κ3) is 4.73. The summed E-state index contributed by atoms with van der Waals surface area (Å²) < 4.78 is 5.76. The molecule has 0 saturated carbocycles. The highest BCUT2D eigenvalue weighted by atomic mass is 16.5. The summed E-state index contributed by atoms with van der Waals surface area (Å²) in [5.41, 5.74) is 2.47. The maximum atomic E-state index is 5.76. The van der Waals surface area contributed by atoms with Gasteiger partial charge in [-0.2, -0.15) is 0 Å². The van der Waals surface area contributed by atoms with E-state index in [0.717, 1.165) is 25.2 Å². The van der Waals surface area contributed by atoms with Gasteiger partial charge in [-0.15, -0.1) is 0 Å². The van der Waals surface area contributed by atoms with Crippen molar-refractivity contribution in [2.24, 2.45) is 0 Å². The Morgan fingerprint density at radius 3 is 2.05 bits per heavy atom. The van der Waals surface area contributed by atoms with Crippen LogP contribution < -0.4 is 4.74 Å². The van der Waals surface area contributed by atoms with Gasteiger partial charge in [0, 0.05) is 0 Å². The molecule has 0 bridgehead atoms. The maximum absolute atomic E-state index is 5.76. The van der Waals surface area contributed by atoms with Gasteiger partial charge in [0.2, 0.25) is 0 Å². The highest BCUT2D eigenvalue weighted by Crippen LogP contribution is 2.22. The Labute approximate surface area is 122 Å². The molecule has 1 radical (unpaired) electrons. The van der Waals surface area contributed by atoms with Crippen LogP contribution in [-0.4, -0.2) is 6.61 Å². The van der Waals surface area contributed by atoms with E-state index < -0.39 is 0 Å². The third-order valence-electron chi connectivity index (χ3n) is 3.37. The number of benzene rings is 2. The van der Waals surface area contributed by atoms with E-state index in [9.17, 15) is 0 Å². The zero-order valence-corrected chi connectivity index (χ0v) is 12.1. The van der Waals surface area contributed by atoms with Gasteiger partial charge in [-0.1, -0.05) is 75.1 Å². The molecule has 0 aromatic heterocycles. The summed E-state index contributed by atoms with van der Waals surface area (Å²) in [6, 6.07) is 18.8. The van der Waals surface area contributed by atoms with Gasteiger partial charge >= 0.3 is 0 Å². The Bertz CT molecular complexity index is 473. The molecule has 0 atom stereocenters. The van der Waals surface area contributed by atoms with Gasteiger partial charge in [0.15, 0.2) is 0 Å². The Morgan fingerprint density at radius 2 is 1.35 bits per heavy atom. The van der Waals surface area contributed by atoms with Gasteiger partial charge < -0.3 is 4.74 Å². The van der Waals surface area contributed by atoms with E-state index >= 15 is 0 Å². The Kier molecular flexibility index (Phi) is 6.16. The second kappa shape index (κ2) is 8.42. The van der Waals surface area contributed by atoms with Crippen molar-refractivity contribution in [1.29, 1.82) is 0 Å². The van der Waals surface area contributed by atoms with E-state index in [1.54, 1.807) is 0 Å². The van der Waals surface area contributed by atoms with Crippen LogP contribution in [0.4, 0.5) is 0 Å². The van der Waals surface area contributed by atoms with Gasteiger partial charge in [-0.25, -0.2) is 0 Å². The minimum Gasteiger partial charge on any atom is -0.494 e. The molecular formula is C19H23O.